The van der Waals surface area contributed by atoms with Gasteiger partial charge in [-0.3, -0.25) is 5.10 Å². The molecule has 1 unspecified atom stereocenters. The normalized spacial score (nSPS) is 18.9. The van der Waals surface area contributed by atoms with Crippen LogP contribution in [0.2, 0.25) is 0 Å². The monoisotopic (exact) mass is 370 g/mol. The van der Waals surface area contributed by atoms with Gasteiger partial charge in [0, 0.05) is 30.2 Å². The predicted octanol–water partition coefficient (Wildman–Crippen LogP) is 3.14. The number of nitrogens with zero attached hydrogens (tertiary/aromatic N) is 2. The fourth-order valence-electron chi connectivity index (χ4n) is 3.41. The van der Waals surface area contributed by atoms with Gasteiger partial charge in [0.15, 0.2) is 0 Å². The maximum absolute atomic E-state index is 12.9. The molecular weight excluding hydrogens is 348 g/mol. The Morgan fingerprint density at radius 3 is 2.81 bits per heavy atom. The van der Waals surface area contributed by atoms with Crippen molar-refractivity contribution in [3.63, 3.8) is 0 Å². The number of hydrogen-bond acceptors (Lipinski definition) is 4. The van der Waals surface area contributed by atoms with Gasteiger partial charge >= 0.3 is 0 Å². The molecule has 2 aromatic carbocycles. The molecule has 2 heterocycles. The summed E-state index contributed by atoms with van der Waals surface area (Å²) in [6.07, 6.45) is 3.58. The van der Waals surface area contributed by atoms with Crippen molar-refractivity contribution < 1.29 is 8.42 Å². The molecule has 1 fully saturated rings. The van der Waals surface area contributed by atoms with Gasteiger partial charge in [-0.05, 0) is 50.1 Å². The molecule has 0 spiro atoms. The SMILES string of the molecule is Cc1ccc(S(=O)(=O)N2CCCC(Nc3ccc4[nH]ncc4c3)C2)cc1. The zero-order valence-corrected chi connectivity index (χ0v) is 15.5. The molecular formula is C19H22N4O2S. The van der Waals surface area contributed by atoms with E-state index in [-0.39, 0.29) is 6.04 Å². The summed E-state index contributed by atoms with van der Waals surface area (Å²) in [5, 5.41) is 11.5. The van der Waals surface area contributed by atoms with Crippen LogP contribution in [-0.4, -0.2) is 42.1 Å². The van der Waals surface area contributed by atoms with Gasteiger partial charge in [-0.2, -0.15) is 9.40 Å². The maximum Gasteiger partial charge on any atom is 0.243 e. The van der Waals surface area contributed by atoms with Gasteiger partial charge in [0.25, 0.3) is 0 Å². The number of piperidine rings is 1. The molecule has 0 bridgehead atoms. The number of aryl methyl sites for hydroxylation is 1. The molecule has 26 heavy (non-hydrogen) atoms. The summed E-state index contributed by atoms with van der Waals surface area (Å²) >= 11 is 0. The molecule has 136 valence electrons. The van der Waals surface area contributed by atoms with Gasteiger partial charge in [-0.15, -0.1) is 0 Å². The molecule has 1 saturated heterocycles. The first kappa shape index (κ1) is 17.1. The first-order valence-electron chi connectivity index (χ1n) is 8.79. The van der Waals surface area contributed by atoms with Crippen molar-refractivity contribution in [3.8, 4) is 0 Å². The van der Waals surface area contributed by atoms with Crippen LogP contribution in [0.1, 0.15) is 18.4 Å². The molecule has 0 aliphatic carbocycles. The Hall–Kier alpha value is -2.38. The second kappa shape index (κ2) is 6.74. The number of fused-ring (bicyclic) bond motifs is 1. The Morgan fingerprint density at radius 2 is 2.00 bits per heavy atom. The van der Waals surface area contributed by atoms with Crippen LogP contribution in [0, 0.1) is 6.92 Å². The average molecular weight is 370 g/mol. The maximum atomic E-state index is 12.9. The van der Waals surface area contributed by atoms with Crippen LogP contribution in [0.25, 0.3) is 10.9 Å². The summed E-state index contributed by atoms with van der Waals surface area (Å²) < 4.78 is 27.4. The third-order valence-corrected chi connectivity index (χ3v) is 6.73. The van der Waals surface area contributed by atoms with E-state index in [0.29, 0.717) is 18.0 Å². The van der Waals surface area contributed by atoms with E-state index in [9.17, 15) is 8.42 Å². The lowest BCUT2D eigenvalue weighted by Gasteiger charge is -2.33. The van der Waals surface area contributed by atoms with Crippen LogP contribution in [-0.2, 0) is 10.0 Å². The summed E-state index contributed by atoms with van der Waals surface area (Å²) in [6.45, 7) is 2.99. The number of anilines is 1. The average Bonchev–Trinajstić information content (AvgIpc) is 3.10. The van der Waals surface area contributed by atoms with Gasteiger partial charge in [-0.25, -0.2) is 8.42 Å². The number of nitrogens with one attached hydrogen (secondary N) is 2. The first-order chi connectivity index (χ1) is 12.5. The summed E-state index contributed by atoms with van der Waals surface area (Å²) in [4.78, 5) is 0.364. The molecule has 0 saturated carbocycles. The van der Waals surface area contributed by atoms with Crippen molar-refractivity contribution in [2.75, 3.05) is 18.4 Å². The molecule has 1 atom stereocenters. The number of rotatable bonds is 4. The Kier molecular flexibility index (Phi) is 4.42. The second-order valence-electron chi connectivity index (χ2n) is 6.83. The number of hydrogen-bond donors (Lipinski definition) is 2. The van der Waals surface area contributed by atoms with E-state index in [1.165, 1.54) is 0 Å². The Balaban J connectivity index is 1.50. The molecule has 2 N–H and O–H groups in total. The van der Waals surface area contributed by atoms with Crippen molar-refractivity contribution in [2.45, 2.75) is 30.7 Å². The number of benzene rings is 2. The molecule has 4 rings (SSSR count). The fraction of sp³-hybridized carbons (Fsp3) is 0.316. The van der Waals surface area contributed by atoms with E-state index in [2.05, 4.69) is 15.5 Å². The lowest BCUT2D eigenvalue weighted by atomic mass is 10.1. The van der Waals surface area contributed by atoms with Crippen molar-refractivity contribution in [3.05, 3.63) is 54.2 Å². The molecule has 1 aliphatic heterocycles. The topological polar surface area (TPSA) is 78.1 Å². The Bertz CT molecular complexity index is 1010. The van der Waals surface area contributed by atoms with Crippen molar-refractivity contribution >= 4 is 26.6 Å². The summed E-state index contributed by atoms with van der Waals surface area (Å²) in [5.74, 6) is 0. The van der Waals surface area contributed by atoms with E-state index in [4.69, 9.17) is 0 Å². The van der Waals surface area contributed by atoms with Crippen LogP contribution in [0.3, 0.4) is 0 Å². The lowest BCUT2D eigenvalue weighted by Crippen LogP contribution is -2.45. The highest BCUT2D eigenvalue weighted by atomic mass is 32.2. The van der Waals surface area contributed by atoms with E-state index in [1.54, 1.807) is 22.6 Å². The van der Waals surface area contributed by atoms with E-state index in [1.807, 2.05) is 37.3 Å². The molecule has 1 aliphatic rings. The van der Waals surface area contributed by atoms with Crippen molar-refractivity contribution in [1.82, 2.24) is 14.5 Å². The highest BCUT2D eigenvalue weighted by Gasteiger charge is 2.30. The highest BCUT2D eigenvalue weighted by Crippen LogP contribution is 2.24. The van der Waals surface area contributed by atoms with Crippen LogP contribution in [0.4, 0.5) is 5.69 Å². The smallest absolute Gasteiger partial charge is 0.243 e. The minimum Gasteiger partial charge on any atom is -0.381 e. The zero-order valence-electron chi connectivity index (χ0n) is 14.6. The molecule has 3 aromatic rings. The molecule has 6 nitrogen and oxygen atoms in total. The molecule has 0 radical (unpaired) electrons. The number of H-pyrrole nitrogens is 1. The van der Waals surface area contributed by atoms with Gasteiger partial charge in [0.2, 0.25) is 10.0 Å². The van der Waals surface area contributed by atoms with Gasteiger partial charge in [-0.1, -0.05) is 17.7 Å². The summed E-state index contributed by atoms with van der Waals surface area (Å²) in [7, 11) is -3.45. The standard InChI is InChI=1S/C19H22N4O2S/c1-14-4-7-18(8-5-14)26(24,25)23-10-2-3-17(13-23)21-16-6-9-19-15(11-16)12-20-22-19/h4-9,11-12,17,21H,2-3,10,13H2,1H3,(H,20,22). The van der Waals surface area contributed by atoms with Crippen LogP contribution < -0.4 is 5.32 Å². The molecule has 0 amide bonds. The minimum absolute atomic E-state index is 0.0910. The summed E-state index contributed by atoms with van der Waals surface area (Å²) in [6, 6.07) is 13.2. The van der Waals surface area contributed by atoms with Crippen LogP contribution in [0.5, 0.6) is 0 Å². The number of sulfonamides is 1. The van der Waals surface area contributed by atoms with Gasteiger partial charge in [0.1, 0.15) is 0 Å². The first-order valence-corrected chi connectivity index (χ1v) is 10.2. The van der Waals surface area contributed by atoms with E-state index in [0.717, 1.165) is 35.0 Å². The highest BCUT2D eigenvalue weighted by molar-refractivity contribution is 7.89. The molecule has 7 heteroatoms. The zero-order chi connectivity index (χ0) is 18.1. The number of aromatic amines is 1. The summed E-state index contributed by atoms with van der Waals surface area (Å²) in [5.41, 5.74) is 3.03. The fourth-order valence-corrected chi connectivity index (χ4v) is 4.93. The van der Waals surface area contributed by atoms with Crippen LogP contribution >= 0.6 is 0 Å². The third-order valence-electron chi connectivity index (χ3n) is 4.85. The lowest BCUT2D eigenvalue weighted by molar-refractivity contribution is 0.327. The Labute approximate surface area is 153 Å². The second-order valence-corrected chi connectivity index (χ2v) is 8.77. The number of aromatic nitrogens is 2. The Morgan fingerprint density at radius 1 is 1.19 bits per heavy atom. The van der Waals surface area contributed by atoms with Crippen molar-refractivity contribution in [2.24, 2.45) is 0 Å². The molecule has 1 aromatic heterocycles. The van der Waals surface area contributed by atoms with E-state index < -0.39 is 10.0 Å². The van der Waals surface area contributed by atoms with Crippen molar-refractivity contribution in [1.29, 1.82) is 0 Å². The van der Waals surface area contributed by atoms with Gasteiger partial charge in [0.05, 0.1) is 16.6 Å². The van der Waals surface area contributed by atoms with E-state index >= 15 is 0 Å². The largest absolute Gasteiger partial charge is 0.381 e. The van der Waals surface area contributed by atoms with Gasteiger partial charge < -0.3 is 5.32 Å². The quantitative estimate of drug-likeness (QED) is 0.740. The third kappa shape index (κ3) is 3.32. The van der Waals surface area contributed by atoms with Crippen LogP contribution in [0.15, 0.2) is 53.6 Å². The minimum atomic E-state index is -3.45. The predicted molar refractivity (Wildman–Crippen MR) is 103 cm³/mol.